The Hall–Kier alpha value is -0.570. The van der Waals surface area contributed by atoms with Gasteiger partial charge >= 0.3 is 0 Å². The molecule has 0 radical (unpaired) electrons. The molecular weight excluding hydrogens is 222 g/mol. The van der Waals surface area contributed by atoms with Crippen LogP contribution in [-0.4, -0.2) is 19.8 Å². The fraction of sp³-hybridized carbons (Fsp3) is 0.538. The highest BCUT2D eigenvalue weighted by Gasteiger charge is 2.23. The highest BCUT2D eigenvalue weighted by molar-refractivity contribution is 5.85. The summed E-state index contributed by atoms with van der Waals surface area (Å²) >= 11 is 0. The Morgan fingerprint density at radius 2 is 1.81 bits per heavy atom. The predicted octanol–water partition coefficient (Wildman–Crippen LogP) is 2.58. The average Bonchev–Trinajstić information content (AvgIpc) is 2.33. The molecule has 1 aromatic carbocycles. The van der Waals surface area contributed by atoms with Crippen molar-refractivity contribution in [2.75, 3.05) is 19.8 Å². The van der Waals surface area contributed by atoms with Gasteiger partial charge in [-0.2, -0.15) is 0 Å². The summed E-state index contributed by atoms with van der Waals surface area (Å²) in [6.07, 6.45) is 2.30. The Balaban J connectivity index is 0.00000128. The van der Waals surface area contributed by atoms with Crippen LogP contribution in [0.5, 0.6) is 0 Å². The van der Waals surface area contributed by atoms with Crippen LogP contribution >= 0.6 is 12.4 Å². The molecule has 0 saturated carbocycles. The lowest BCUT2D eigenvalue weighted by molar-refractivity contribution is 0.0586. The minimum absolute atomic E-state index is 0. The third-order valence-corrected chi connectivity index (χ3v) is 3.32. The van der Waals surface area contributed by atoms with Crippen LogP contribution in [0.15, 0.2) is 30.3 Å². The van der Waals surface area contributed by atoms with Gasteiger partial charge in [-0.1, -0.05) is 30.3 Å². The maximum absolute atomic E-state index is 5.89. The first-order valence-corrected chi connectivity index (χ1v) is 5.74. The monoisotopic (exact) mass is 241 g/mol. The van der Waals surface area contributed by atoms with Crippen LogP contribution < -0.4 is 5.73 Å². The first-order chi connectivity index (χ1) is 7.42. The maximum Gasteiger partial charge on any atom is 0.0468 e. The Labute approximate surface area is 104 Å². The molecule has 1 fully saturated rings. The van der Waals surface area contributed by atoms with Crippen molar-refractivity contribution in [2.24, 2.45) is 11.7 Å². The van der Waals surface area contributed by atoms with Gasteiger partial charge in [0.1, 0.15) is 0 Å². The molecule has 0 amide bonds. The third-order valence-electron chi connectivity index (χ3n) is 3.32. The molecule has 0 aliphatic carbocycles. The Morgan fingerprint density at radius 1 is 1.19 bits per heavy atom. The van der Waals surface area contributed by atoms with Crippen molar-refractivity contribution in [1.29, 1.82) is 0 Å². The number of rotatable bonds is 3. The second kappa shape index (κ2) is 6.89. The minimum Gasteiger partial charge on any atom is -0.381 e. The number of nitrogens with two attached hydrogens (primary N) is 1. The van der Waals surface area contributed by atoms with Gasteiger partial charge in [-0.15, -0.1) is 12.4 Å². The molecule has 0 bridgehead atoms. The lowest BCUT2D eigenvalue weighted by Gasteiger charge is -2.29. The van der Waals surface area contributed by atoms with Crippen molar-refractivity contribution in [2.45, 2.75) is 18.8 Å². The fourth-order valence-electron chi connectivity index (χ4n) is 2.42. The van der Waals surface area contributed by atoms with Crippen molar-refractivity contribution in [3.05, 3.63) is 35.9 Å². The highest BCUT2D eigenvalue weighted by atomic mass is 35.5. The standard InChI is InChI=1S/C13H19NO.ClH/c14-10-13(11-4-2-1-3-5-11)12-6-8-15-9-7-12;/h1-5,12-13H,6-10,14H2;1H. The summed E-state index contributed by atoms with van der Waals surface area (Å²) in [6.45, 7) is 2.54. The first-order valence-electron chi connectivity index (χ1n) is 5.74. The van der Waals surface area contributed by atoms with Gasteiger partial charge in [0.25, 0.3) is 0 Å². The second-order valence-electron chi connectivity index (χ2n) is 4.20. The molecule has 16 heavy (non-hydrogen) atoms. The van der Waals surface area contributed by atoms with Gasteiger partial charge in [0.15, 0.2) is 0 Å². The van der Waals surface area contributed by atoms with Crippen LogP contribution in [0.25, 0.3) is 0 Å². The van der Waals surface area contributed by atoms with Crippen LogP contribution in [0.2, 0.25) is 0 Å². The third kappa shape index (κ3) is 3.21. The maximum atomic E-state index is 5.89. The normalized spacial score (nSPS) is 18.8. The van der Waals surface area contributed by atoms with E-state index < -0.39 is 0 Å². The van der Waals surface area contributed by atoms with Crippen LogP contribution in [0.4, 0.5) is 0 Å². The number of benzene rings is 1. The number of hydrogen-bond acceptors (Lipinski definition) is 2. The van der Waals surface area contributed by atoms with Gasteiger partial charge in [-0.3, -0.25) is 0 Å². The summed E-state index contributed by atoms with van der Waals surface area (Å²) in [4.78, 5) is 0. The molecular formula is C13H20ClNO. The largest absolute Gasteiger partial charge is 0.381 e. The Kier molecular flexibility index (Phi) is 5.81. The SMILES string of the molecule is Cl.NCC(c1ccccc1)C1CCOCC1. The first kappa shape index (κ1) is 13.5. The average molecular weight is 242 g/mol. The fourth-order valence-corrected chi connectivity index (χ4v) is 2.42. The Morgan fingerprint density at radius 3 is 2.38 bits per heavy atom. The van der Waals surface area contributed by atoms with Gasteiger partial charge in [-0.25, -0.2) is 0 Å². The molecule has 0 spiro atoms. The van der Waals surface area contributed by atoms with E-state index in [0.29, 0.717) is 11.8 Å². The summed E-state index contributed by atoms with van der Waals surface area (Å²) in [5.74, 6) is 1.21. The summed E-state index contributed by atoms with van der Waals surface area (Å²) in [5, 5.41) is 0. The molecule has 1 heterocycles. The molecule has 1 saturated heterocycles. The van der Waals surface area contributed by atoms with Crippen molar-refractivity contribution in [1.82, 2.24) is 0 Å². The van der Waals surface area contributed by atoms with E-state index in [2.05, 4.69) is 30.3 Å². The topological polar surface area (TPSA) is 35.2 Å². The zero-order valence-corrected chi connectivity index (χ0v) is 10.3. The van der Waals surface area contributed by atoms with E-state index in [4.69, 9.17) is 10.5 Å². The van der Waals surface area contributed by atoms with Crippen LogP contribution in [0.1, 0.15) is 24.3 Å². The van der Waals surface area contributed by atoms with E-state index in [-0.39, 0.29) is 12.4 Å². The van der Waals surface area contributed by atoms with E-state index >= 15 is 0 Å². The molecule has 3 heteroatoms. The lowest BCUT2D eigenvalue weighted by Crippen LogP contribution is -2.27. The molecule has 2 N–H and O–H groups in total. The van der Waals surface area contributed by atoms with E-state index in [0.717, 1.165) is 32.6 Å². The second-order valence-corrected chi connectivity index (χ2v) is 4.20. The van der Waals surface area contributed by atoms with Gasteiger partial charge in [-0.05, 0) is 36.8 Å². The van der Waals surface area contributed by atoms with Gasteiger partial charge in [0, 0.05) is 13.2 Å². The zero-order valence-electron chi connectivity index (χ0n) is 9.47. The molecule has 1 aromatic rings. The minimum atomic E-state index is 0. The van der Waals surface area contributed by atoms with Gasteiger partial charge in [0.05, 0.1) is 0 Å². The van der Waals surface area contributed by atoms with E-state index in [1.165, 1.54) is 5.56 Å². The number of halogens is 1. The lowest BCUT2D eigenvalue weighted by atomic mass is 9.81. The molecule has 0 aromatic heterocycles. The molecule has 2 rings (SSSR count). The van der Waals surface area contributed by atoms with Crippen LogP contribution in [-0.2, 0) is 4.74 Å². The number of ether oxygens (including phenoxy) is 1. The zero-order chi connectivity index (χ0) is 10.5. The summed E-state index contributed by atoms with van der Waals surface area (Å²) in [5.41, 5.74) is 7.28. The van der Waals surface area contributed by atoms with Crippen molar-refractivity contribution < 1.29 is 4.74 Å². The highest BCUT2D eigenvalue weighted by Crippen LogP contribution is 2.30. The van der Waals surface area contributed by atoms with Crippen LogP contribution in [0.3, 0.4) is 0 Å². The van der Waals surface area contributed by atoms with Crippen LogP contribution in [0, 0.1) is 5.92 Å². The molecule has 1 unspecified atom stereocenters. The smallest absolute Gasteiger partial charge is 0.0468 e. The summed E-state index contributed by atoms with van der Waals surface area (Å²) < 4.78 is 5.39. The summed E-state index contributed by atoms with van der Waals surface area (Å²) in [7, 11) is 0. The van der Waals surface area contributed by atoms with Crippen molar-refractivity contribution in [3.8, 4) is 0 Å². The quantitative estimate of drug-likeness (QED) is 0.883. The summed E-state index contributed by atoms with van der Waals surface area (Å²) in [6, 6.07) is 10.6. The van der Waals surface area contributed by atoms with Crippen molar-refractivity contribution in [3.63, 3.8) is 0 Å². The molecule has 2 nitrogen and oxygen atoms in total. The number of hydrogen-bond donors (Lipinski definition) is 1. The van der Waals surface area contributed by atoms with E-state index in [1.54, 1.807) is 0 Å². The predicted molar refractivity (Wildman–Crippen MR) is 69.0 cm³/mol. The molecule has 1 aliphatic heterocycles. The van der Waals surface area contributed by atoms with E-state index in [1.807, 2.05) is 0 Å². The molecule has 1 atom stereocenters. The van der Waals surface area contributed by atoms with Gasteiger partial charge < -0.3 is 10.5 Å². The molecule has 1 aliphatic rings. The van der Waals surface area contributed by atoms with Gasteiger partial charge in [0.2, 0.25) is 0 Å². The molecule has 90 valence electrons. The Bertz CT molecular complexity index is 285. The van der Waals surface area contributed by atoms with Crippen molar-refractivity contribution >= 4 is 12.4 Å². The van der Waals surface area contributed by atoms with E-state index in [9.17, 15) is 0 Å².